The number of amides is 2. The fourth-order valence-electron chi connectivity index (χ4n) is 2.90. The molecule has 2 N–H and O–H groups in total. The second-order valence-corrected chi connectivity index (χ2v) is 5.97. The van der Waals surface area contributed by atoms with Crippen LogP contribution in [0, 0.1) is 13.8 Å². The molecule has 0 bridgehead atoms. The Morgan fingerprint density at radius 2 is 2.09 bits per heavy atom. The van der Waals surface area contributed by atoms with Gasteiger partial charge in [-0.05, 0) is 44.4 Å². The second-order valence-electron chi connectivity index (χ2n) is 5.97. The molecule has 3 rings (SSSR count). The molecule has 7 nitrogen and oxygen atoms in total. The molecule has 1 aliphatic rings. The number of urea groups is 1. The number of carbonyl (C=O) groups is 1. The molecule has 0 aromatic carbocycles. The molecule has 0 saturated carbocycles. The molecular weight excluding hydrogens is 292 g/mol. The van der Waals surface area contributed by atoms with Crippen molar-refractivity contribution < 1.29 is 4.79 Å². The van der Waals surface area contributed by atoms with Crippen molar-refractivity contribution in [1.29, 1.82) is 0 Å². The SMILES string of the molecule is Cc1cc(C)nc(NC(=O)NCc2nnc3n2CCCCC3)c1. The van der Waals surface area contributed by atoms with Crippen molar-refractivity contribution >= 4 is 11.8 Å². The largest absolute Gasteiger partial charge is 0.331 e. The van der Waals surface area contributed by atoms with E-state index in [1.807, 2.05) is 26.0 Å². The van der Waals surface area contributed by atoms with E-state index < -0.39 is 0 Å². The van der Waals surface area contributed by atoms with Gasteiger partial charge in [-0.3, -0.25) is 5.32 Å². The molecule has 0 spiro atoms. The van der Waals surface area contributed by atoms with Gasteiger partial charge in [0.15, 0.2) is 5.82 Å². The highest BCUT2D eigenvalue weighted by Crippen LogP contribution is 2.14. The number of rotatable bonds is 3. The van der Waals surface area contributed by atoms with Gasteiger partial charge in [0, 0.05) is 18.7 Å². The minimum atomic E-state index is -0.284. The zero-order valence-corrected chi connectivity index (χ0v) is 13.6. The molecule has 0 fully saturated rings. The Hall–Kier alpha value is -2.44. The molecule has 2 aromatic heterocycles. The fourth-order valence-corrected chi connectivity index (χ4v) is 2.90. The molecule has 0 radical (unpaired) electrons. The van der Waals surface area contributed by atoms with Crippen molar-refractivity contribution in [3.63, 3.8) is 0 Å². The van der Waals surface area contributed by atoms with Gasteiger partial charge in [-0.1, -0.05) is 6.42 Å². The third-order valence-corrected chi connectivity index (χ3v) is 3.93. The van der Waals surface area contributed by atoms with Crippen LogP contribution in [0.15, 0.2) is 12.1 Å². The minimum absolute atomic E-state index is 0.284. The van der Waals surface area contributed by atoms with Crippen LogP contribution in [0.25, 0.3) is 0 Å². The molecule has 0 unspecified atom stereocenters. The molecule has 3 heterocycles. The molecule has 2 aromatic rings. The number of hydrogen-bond donors (Lipinski definition) is 2. The molecule has 122 valence electrons. The Labute approximate surface area is 135 Å². The standard InChI is InChI=1S/C16H22N6O/c1-11-8-12(2)18-13(9-11)19-16(23)17-10-15-21-20-14-6-4-3-5-7-22(14)15/h8-9H,3-7,10H2,1-2H3,(H2,17,18,19,23). The monoisotopic (exact) mass is 314 g/mol. The number of hydrogen-bond acceptors (Lipinski definition) is 4. The third-order valence-electron chi connectivity index (χ3n) is 3.93. The van der Waals surface area contributed by atoms with Crippen LogP contribution < -0.4 is 10.6 Å². The Morgan fingerprint density at radius 1 is 1.22 bits per heavy atom. The van der Waals surface area contributed by atoms with Gasteiger partial charge < -0.3 is 9.88 Å². The smallest absolute Gasteiger partial charge is 0.320 e. The maximum atomic E-state index is 12.0. The zero-order valence-electron chi connectivity index (χ0n) is 13.6. The van der Waals surface area contributed by atoms with Crippen molar-refractivity contribution in [3.05, 3.63) is 35.0 Å². The maximum Gasteiger partial charge on any atom is 0.320 e. The molecule has 2 amide bonds. The van der Waals surface area contributed by atoms with Crippen LogP contribution in [0.5, 0.6) is 0 Å². The van der Waals surface area contributed by atoms with E-state index >= 15 is 0 Å². The first-order valence-electron chi connectivity index (χ1n) is 8.03. The number of aromatic nitrogens is 4. The van der Waals surface area contributed by atoms with Crippen LogP contribution in [-0.4, -0.2) is 25.8 Å². The molecule has 0 atom stereocenters. The average Bonchev–Trinajstić information content (AvgIpc) is 2.71. The zero-order chi connectivity index (χ0) is 16.2. The summed E-state index contributed by atoms with van der Waals surface area (Å²) in [6.45, 7) is 5.17. The van der Waals surface area contributed by atoms with Crippen molar-refractivity contribution in [3.8, 4) is 0 Å². The van der Waals surface area contributed by atoms with Gasteiger partial charge >= 0.3 is 6.03 Å². The quantitative estimate of drug-likeness (QED) is 0.910. The van der Waals surface area contributed by atoms with Crippen molar-refractivity contribution in [2.24, 2.45) is 0 Å². The van der Waals surface area contributed by atoms with E-state index in [0.29, 0.717) is 12.4 Å². The summed E-state index contributed by atoms with van der Waals surface area (Å²) in [6.07, 6.45) is 4.47. The lowest BCUT2D eigenvalue weighted by molar-refractivity contribution is 0.251. The van der Waals surface area contributed by atoms with E-state index in [9.17, 15) is 4.79 Å². The highest BCUT2D eigenvalue weighted by atomic mass is 16.2. The number of aryl methyl sites for hydroxylation is 3. The fraction of sp³-hybridized carbons (Fsp3) is 0.500. The van der Waals surface area contributed by atoms with Crippen LogP contribution >= 0.6 is 0 Å². The Kier molecular flexibility index (Phi) is 4.55. The average molecular weight is 314 g/mol. The summed E-state index contributed by atoms with van der Waals surface area (Å²) in [6, 6.07) is 3.53. The third kappa shape index (κ3) is 3.85. The maximum absolute atomic E-state index is 12.0. The summed E-state index contributed by atoms with van der Waals surface area (Å²) in [4.78, 5) is 16.3. The van der Waals surface area contributed by atoms with Crippen LogP contribution in [0.3, 0.4) is 0 Å². The van der Waals surface area contributed by atoms with Crippen LogP contribution in [-0.2, 0) is 19.5 Å². The van der Waals surface area contributed by atoms with Crippen LogP contribution in [0.4, 0.5) is 10.6 Å². The predicted octanol–water partition coefficient (Wildman–Crippen LogP) is 2.34. The van der Waals surface area contributed by atoms with Crippen molar-refractivity contribution in [2.75, 3.05) is 5.32 Å². The van der Waals surface area contributed by atoms with Gasteiger partial charge in [0.2, 0.25) is 0 Å². The summed E-state index contributed by atoms with van der Waals surface area (Å²) >= 11 is 0. The van der Waals surface area contributed by atoms with E-state index in [2.05, 4.69) is 30.4 Å². The number of fused-ring (bicyclic) bond motifs is 1. The lowest BCUT2D eigenvalue weighted by Gasteiger charge is -2.10. The summed E-state index contributed by atoms with van der Waals surface area (Å²) in [7, 11) is 0. The first-order chi connectivity index (χ1) is 11.1. The van der Waals surface area contributed by atoms with Gasteiger partial charge in [0.25, 0.3) is 0 Å². The number of anilines is 1. The first kappa shape index (κ1) is 15.5. The highest BCUT2D eigenvalue weighted by Gasteiger charge is 2.15. The van der Waals surface area contributed by atoms with Gasteiger partial charge in [-0.25, -0.2) is 9.78 Å². The molecule has 7 heteroatoms. The van der Waals surface area contributed by atoms with E-state index in [4.69, 9.17) is 0 Å². The molecular formula is C16H22N6O. The van der Waals surface area contributed by atoms with Crippen molar-refractivity contribution in [2.45, 2.75) is 52.6 Å². The lowest BCUT2D eigenvalue weighted by Crippen LogP contribution is -2.30. The van der Waals surface area contributed by atoms with Crippen LogP contribution in [0.2, 0.25) is 0 Å². The normalized spacial score (nSPS) is 14.0. The number of carbonyl (C=O) groups excluding carboxylic acids is 1. The Morgan fingerprint density at radius 3 is 2.91 bits per heavy atom. The van der Waals surface area contributed by atoms with Gasteiger partial charge in [0.1, 0.15) is 11.6 Å². The first-order valence-corrected chi connectivity index (χ1v) is 8.03. The van der Waals surface area contributed by atoms with E-state index in [1.54, 1.807) is 0 Å². The molecule has 0 aliphatic carbocycles. The van der Waals surface area contributed by atoms with Gasteiger partial charge in [-0.15, -0.1) is 10.2 Å². The summed E-state index contributed by atoms with van der Waals surface area (Å²) < 4.78 is 2.13. The molecule has 1 aliphatic heterocycles. The molecule has 23 heavy (non-hydrogen) atoms. The van der Waals surface area contributed by atoms with Crippen LogP contribution in [0.1, 0.15) is 42.2 Å². The van der Waals surface area contributed by atoms with E-state index in [0.717, 1.165) is 48.7 Å². The summed E-state index contributed by atoms with van der Waals surface area (Å²) in [5.74, 6) is 2.39. The number of pyridine rings is 1. The highest BCUT2D eigenvalue weighted by molar-refractivity contribution is 5.88. The summed E-state index contributed by atoms with van der Waals surface area (Å²) in [5, 5.41) is 14.0. The van der Waals surface area contributed by atoms with Gasteiger partial charge in [0.05, 0.1) is 6.54 Å². The van der Waals surface area contributed by atoms with Gasteiger partial charge in [-0.2, -0.15) is 0 Å². The predicted molar refractivity (Wildman–Crippen MR) is 87.1 cm³/mol. The lowest BCUT2D eigenvalue weighted by atomic mass is 10.2. The number of nitrogens with one attached hydrogen (secondary N) is 2. The summed E-state index contributed by atoms with van der Waals surface area (Å²) in [5.41, 5.74) is 1.94. The van der Waals surface area contributed by atoms with E-state index in [-0.39, 0.29) is 6.03 Å². The van der Waals surface area contributed by atoms with Crippen molar-refractivity contribution in [1.82, 2.24) is 25.1 Å². The molecule has 0 saturated heterocycles. The Balaban J connectivity index is 1.60. The Bertz CT molecular complexity index is 688. The minimum Gasteiger partial charge on any atom is -0.331 e. The van der Waals surface area contributed by atoms with E-state index in [1.165, 1.54) is 6.42 Å². The number of nitrogens with zero attached hydrogens (tertiary/aromatic N) is 4. The second kappa shape index (κ2) is 6.76. The topological polar surface area (TPSA) is 84.7 Å².